The average molecular weight is 342 g/mol. The number of benzene rings is 2. The molecule has 0 amide bonds. The lowest BCUT2D eigenvalue weighted by molar-refractivity contribution is 0.0482. The molecule has 0 radical (unpaired) electrons. The highest BCUT2D eigenvalue weighted by molar-refractivity contribution is 6.61. The predicted molar refractivity (Wildman–Crippen MR) is 95.6 cm³/mol. The molecule has 1 aliphatic heterocycles. The molecular weight excluding hydrogens is 321 g/mol. The van der Waals surface area contributed by atoms with E-state index in [9.17, 15) is 4.79 Å². The summed E-state index contributed by atoms with van der Waals surface area (Å²) in [6, 6.07) is 12.4. The number of nitrogens with zero attached hydrogens (tertiary/aromatic N) is 1. The van der Waals surface area contributed by atoms with E-state index in [2.05, 4.69) is 0 Å². The minimum absolute atomic E-state index is 0.343. The normalized spacial score (nSPS) is 13.0. The Morgan fingerprint density at radius 3 is 2.64 bits per heavy atom. The van der Waals surface area contributed by atoms with Crippen molar-refractivity contribution in [2.75, 3.05) is 27.2 Å². The van der Waals surface area contributed by atoms with Crippen molar-refractivity contribution in [1.82, 2.24) is 4.90 Å². The second kappa shape index (κ2) is 7.69. The minimum atomic E-state index is -0.609. The standard InChI is InChI=1S/C18H20BNO5/c1-20(2)9-10-23-18(21)13-3-5-15(6-4-13)25-16-7-8-17-14(11-16)12-24-19(17)22/h3-8,11,22H,9-10,12H2,1-2H3/p+1. The molecule has 0 saturated heterocycles. The van der Waals surface area contributed by atoms with Crippen LogP contribution < -0.4 is 10.2 Å². The molecule has 2 aromatic rings. The molecule has 2 aromatic carbocycles. The maximum Gasteiger partial charge on any atom is 0.731 e. The van der Waals surface area contributed by atoms with E-state index in [1.807, 2.05) is 37.2 Å². The van der Waals surface area contributed by atoms with Crippen LogP contribution in [0.3, 0.4) is 0 Å². The van der Waals surface area contributed by atoms with Gasteiger partial charge in [-0.15, -0.1) is 0 Å². The van der Waals surface area contributed by atoms with Crippen LogP contribution in [0.2, 0.25) is 0 Å². The molecule has 0 saturated carbocycles. The molecule has 0 bridgehead atoms. The Morgan fingerprint density at radius 2 is 1.92 bits per heavy atom. The van der Waals surface area contributed by atoms with E-state index in [0.29, 0.717) is 36.8 Å². The Balaban J connectivity index is 1.60. The summed E-state index contributed by atoms with van der Waals surface area (Å²) in [7, 11) is 3.24. The molecule has 0 unspecified atom stereocenters. The average Bonchev–Trinajstić information content (AvgIpc) is 2.96. The number of ether oxygens (including phenoxy) is 2. The third-order valence-corrected chi connectivity index (χ3v) is 3.90. The van der Waals surface area contributed by atoms with Crippen LogP contribution in [-0.4, -0.2) is 50.3 Å². The maximum absolute atomic E-state index is 11.9. The van der Waals surface area contributed by atoms with E-state index in [4.69, 9.17) is 19.2 Å². The Bertz CT molecular complexity index is 748. The summed E-state index contributed by atoms with van der Waals surface area (Å²) in [5, 5.41) is 7.73. The van der Waals surface area contributed by atoms with Crippen LogP contribution in [-0.2, 0) is 16.0 Å². The third kappa shape index (κ3) is 4.39. The van der Waals surface area contributed by atoms with Gasteiger partial charge in [0.2, 0.25) is 0 Å². The number of carbonyl (C=O) groups is 1. The van der Waals surface area contributed by atoms with Crippen LogP contribution in [0.4, 0.5) is 0 Å². The van der Waals surface area contributed by atoms with Crippen LogP contribution in [0.15, 0.2) is 42.5 Å². The van der Waals surface area contributed by atoms with Crippen LogP contribution in [0, 0.1) is 0 Å². The fourth-order valence-electron chi connectivity index (χ4n) is 2.49. The van der Waals surface area contributed by atoms with Crippen LogP contribution in [0.25, 0.3) is 0 Å². The first-order valence-corrected chi connectivity index (χ1v) is 8.08. The number of likely N-dealkylation sites (N-methyl/N-ethyl adjacent to an activating group) is 1. The summed E-state index contributed by atoms with van der Waals surface area (Å²) in [6.45, 7) is 1.48. The zero-order valence-electron chi connectivity index (χ0n) is 14.3. The van der Waals surface area contributed by atoms with Crippen molar-refractivity contribution >= 4 is 18.6 Å². The van der Waals surface area contributed by atoms with Crippen molar-refractivity contribution in [3.8, 4) is 11.5 Å². The molecule has 7 heteroatoms. The van der Waals surface area contributed by atoms with E-state index in [1.54, 1.807) is 24.3 Å². The van der Waals surface area contributed by atoms with Gasteiger partial charge in [0, 0.05) is 6.54 Å². The SMILES string of the molecule is CN(C)CCOC(=O)c1ccc(Oc2ccc3c(c2)COB3[OH2+])cc1. The molecule has 6 nitrogen and oxygen atoms in total. The lowest BCUT2D eigenvalue weighted by Gasteiger charge is -2.10. The predicted octanol–water partition coefficient (Wildman–Crippen LogP) is 1.15. The molecule has 1 aliphatic rings. The second-order valence-electron chi connectivity index (χ2n) is 6.12. The number of hydrogen-bond acceptors (Lipinski definition) is 5. The highest BCUT2D eigenvalue weighted by atomic mass is 16.5. The molecule has 0 aliphatic carbocycles. The summed E-state index contributed by atoms with van der Waals surface area (Å²) < 4.78 is 16.3. The van der Waals surface area contributed by atoms with Crippen molar-refractivity contribution in [3.05, 3.63) is 53.6 Å². The smallest absolute Gasteiger partial charge is 0.522 e. The van der Waals surface area contributed by atoms with Gasteiger partial charge in [0.25, 0.3) is 0 Å². The van der Waals surface area contributed by atoms with Gasteiger partial charge in [-0.05, 0) is 56.1 Å². The van der Waals surface area contributed by atoms with Crippen molar-refractivity contribution in [3.63, 3.8) is 0 Å². The topological polar surface area (TPSA) is 70.9 Å². The highest BCUT2D eigenvalue weighted by Crippen LogP contribution is 2.24. The summed E-state index contributed by atoms with van der Waals surface area (Å²) in [4.78, 5) is 13.9. The molecule has 0 aromatic heterocycles. The first kappa shape index (κ1) is 17.5. The lowest BCUT2D eigenvalue weighted by atomic mass is 9.80. The van der Waals surface area contributed by atoms with E-state index < -0.39 is 7.12 Å². The Labute approximate surface area is 147 Å². The van der Waals surface area contributed by atoms with Crippen LogP contribution >= 0.6 is 0 Å². The molecule has 1 heterocycles. The molecular formula is C18H21BNO5+. The third-order valence-electron chi connectivity index (χ3n) is 3.90. The van der Waals surface area contributed by atoms with Gasteiger partial charge in [0.1, 0.15) is 18.1 Å². The van der Waals surface area contributed by atoms with Gasteiger partial charge >= 0.3 is 13.1 Å². The maximum atomic E-state index is 11.9. The molecule has 0 atom stereocenters. The fourth-order valence-corrected chi connectivity index (χ4v) is 2.49. The molecule has 2 N–H and O–H groups in total. The van der Waals surface area contributed by atoms with Gasteiger partial charge in [-0.2, -0.15) is 0 Å². The summed E-state index contributed by atoms with van der Waals surface area (Å²) in [6.07, 6.45) is 0. The van der Waals surface area contributed by atoms with Gasteiger partial charge in [0.15, 0.2) is 0 Å². The summed E-state index contributed by atoms with van der Waals surface area (Å²) in [5.74, 6) is 0.966. The zero-order valence-corrected chi connectivity index (χ0v) is 14.3. The number of fused-ring (bicyclic) bond motifs is 1. The van der Waals surface area contributed by atoms with Crippen LogP contribution in [0.1, 0.15) is 15.9 Å². The molecule has 25 heavy (non-hydrogen) atoms. The van der Waals surface area contributed by atoms with Gasteiger partial charge in [0.05, 0.1) is 17.6 Å². The quantitative estimate of drug-likeness (QED) is 0.447. The van der Waals surface area contributed by atoms with Crippen molar-refractivity contribution in [2.24, 2.45) is 0 Å². The summed E-state index contributed by atoms with van der Waals surface area (Å²) >= 11 is 0. The Morgan fingerprint density at radius 1 is 1.20 bits per heavy atom. The number of rotatable bonds is 6. The first-order valence-electron chi connectivity index (χ1n) is 8.08. The van der Waals surface area contributed by atoms with Gasteiger partial charge < -0.3 is 24.1 Å². The van der Waals surface area contributed by atoms with E-state index in [0.717, 1.165) is 11.0 Å². The van der Waals surface area contributed by atoms with Crippen molar-refractivity contribution in [2.45, 2.75) is 6.61 Å². The first-order chi connectivity index (χ1) is 12.0. The van der Waals surface area contributed by atoms with Crippen molar-refractivity contribution in [1.29, 1.82) is 0 Å². The number of esters is 1. The molecule has 130 valence electrons. The minimum Gasteiger partial charge on any atom is -0.522 e. The molecule has 0 fully saturated rings. The lowest BCUT2D eigenvalue weighted by Crippen LogP contribution is -2.27. The van der Waals surface area contributed by atoms with Gasteiger partial charge in [-0.3, -0.25) is 0 Å². The van der Waals surface area contributed by atoms with Crippen molar-refractivity contribution < 1.29 is 23.9 Å². The zero-order chi connectivity index (χ0) is 17.8. The molecule has 0 spiro atoms. The number of carbonyl (C=O) groups excluding carboxylic acids is 1. The Kier molecular flexibility index (Phi) is 5.38. The number of hydrogen-bond donors (Lipinski definition) is 0. The van der Waals surface area contributed by atoms with Gasteiger partial charge in [-0.25, -0.2) is 4.79 Å². The second-order valence-corrected chi connectivity index (χ2v) is 6.12. The van der Waals surface area contributed by atoms with E-state index >= 15 is 0 Å². The highest BCUT2D eigenvalue weighted by Gasteiger charge is 2.36. The van der Waals surface area contributed by atoms with Gasteiger partial charge in [-0.1, -0.05) is 6.07 Å². The monoisotopic (exact) mass is 342 g/mol. The van der Waals surface area contributed by atoms with E-state index in [1.165, 1.54) is 0 Å². The van der Waals surface area contributed by atoms with Crippen LogP contribution in [0.5, 0.6) is 11.5 Å². The Hall–Kier alpha value is -2.35. The molecule has 3 rings (SSSR count). The largest absolute Gasteiger partial charge is 0.731 e. The summed E-state index contributed by atoms with van der Waals surface area (Å²) in [5.41, 5.74) is 2.34. The fraction of sp³-hybridized carbons (Fsp3) is 0.278. The van der Waals surface area contributed by atoms with E-state index in [-0.39, 0.29) is 5.97 Å².